The van der Waals surface area contributed by atoms with Crippen molar-refractivity contribution in [3.8, 4) is 11.1 Å². The van der Waals surface area contributed by atoms with Gasteiger partial charge in [-0.2, -0.15) is 0 Å². The van der Waals surface area contributed by atoms with Gasteiger partial charge < -0.3 is 10.6 Å². The van der Waals surface area contributed by atoms with Crippen molar-refractivity contribution in [2.45, 2.75) is 18.9 Å². The predicted octanol–water partition coefficient (Wildman–Crippen LogP) is 1.84. The lowest BCUT2D eigenvalue weighted by atomic mass is 10.0. The topological polar surface area (TPSA) is 76.3 Å². The van der Waals surface area contributed by atoms with Crippen molar-refractivity contribution < 1.29 is 9.59 Å². The first-order valence-electron chi connectivity index (χ1n) is 7.27. The normalized spacial score (nSPS) is 17.5. The van der Waals surface area contributed by atoms with Crippen LogP contribution in [-0.4, -0.2) is 34.3 Å². The van der Waals surface area contributed by atoms with Crippen LogP contribution in [0.15, 0.2) is 48.8 Å². The van der Waals surface area contributed by atoms with Crippen LogP contribution < -0.4 is 5.73 Å². The number of aromatic nitrogens is 1. The van der Waals surface area contributed by atoms with Gasteiger partial charge in [-0.3, -0.25) is 14.6 Å². The molecule has 0 bridgehead atoms. The second kappa shape index (κ2) is 5.97. The Hall–Kier alpha value is -2.69. The van der Waals surface area contributed by atoms with Crippen LogP contribution >= 0.6 is 0 Å². The quantitative estimate of drug-likeness (QED) is 0.938. The van der Waals surface area contributed by atoms with E-state index in [0.29, 0.717) is 18.5 Å². The van der Waals surface area contributed by atoms with Gasteiger partial charge in [-0.1, -0.05) is 18.2 Å². The maximum absolute atomic E-state index is 12.5. The summed E-state index contributed by atoms with van der Waals surface area (Å²) in [5.41, 5.74) is 7.93. The average molecular weight is 295 g/mol. The van der Waals surface area contributed by atoms with Gasteiger partial charge in [0.25, 0.3) is 5.91 Å². The molecular formula is C17H17N3O2. The number of amides is 2. The minimum atomic E-state index is -0.481. The number of benzene rings is 1. The molecule has 2 N–H and O–H groups in total. The molecule has 1 fully saturated rings. The largest absolute Gasteiger partial charge is 0.368 e. The smallest absolute Gasteiger partial charge is 0.254 e. The van der Waals surface area contributed by atoms with Gasteiger partial charge in [-0.15, -0.1) is 0 Å². The first-order valence-corrected chi connectivity index (χ1v) is 7.27. The standard InChI is InChI=1S/C17H17N3O2/c18-16(21)15-4-2-10-20(15)17(22)13-7-5-12(6-8-13)14-3-1-9-19-11-14/h1,3,5-9,11,15H,2,4,10H2,(H2,18,21). The van der Waals surface area contributed by atoms with Crippen LogP contribution in [0.1, 0.15) is 23.2 Å². The van der Waals surface area contributed by atoms with Crippen molar-refractivity contribution in [2.24, 2.45) is 5.73 Å². The van der Waals surface area contributed by atoms with E-state index in [1.807, 2.05) is 24.3 Å². The summed E-state index contributed by atoms with van der Waals surface area (Å²) >= 11 is 0. The Kier molecular flexibility index (Phi) is 3.87. The zero-order chi connectivity index (χ0) is 15.5. The van der Waals surface area contributed by atoms with E-state index < -0.39 is 11.9 Å². The second-order valence-corrected chi connectivity index (χ2v) is 5.38. The number of likely N-dealkylation sites (tertiary alicyclic amines) is 1. The van der Waals surface area contributed by atoms with E-state index >= 15 is 0 Å². The fraction of sp³-hybridized carbons (Fsp3) is 0.235. The van der Waals surface area contributed by atoms with Gasteiger partial charge >= 0.3 is 0 Å². The van der Waals surface area contributed by atoms with Crippen molar-refractivity contribution in [1.29, 1.82) is 0 Å². The summed E-state index contributed by atoms with van der Waals surface area (Å²) in [6.07, 6.45) is 4.96. The fourth-order valence-electron chi connectivity index (χ4n) is 2.81. The predicted molar refractivity (Wildman–Crippen MR) is 82.9 cm³/mol. The minimum absolute atomic E-state index is 0.140. The fourth-order valence-corrected chi connectivity index (χ4v) is 2.81. The summed E-state index contributed by atoms with van der Waals surface area (Å²) < 4.78 is 0. The molecule has 2 amide bonds. The van der Waals surface area contributed by atoms with Gasteiger partial charge in [-0.05, 0) is 42.2 Å². The summed E-state index contributed by atoms with van der Waals surface area (Å²) in [6.45, 7) is 0.580. The van der Waals surface area contributed by atoms with Gasteiger partial charge in [0.05, 0.1) is 0 Å². The molecule has 5 heteroatoms. The van der Waals surface area contributed by atoms with Crippen molar-refractivity contribution >= 4 is 11.8 Å². The van der Waals surface area contributed by atoms with Crippen LogP contribution in [0.4, 0.5) is 0 Å². The number of hydrogen-bond donors (Lipinski definition) is 1. The lowest BCUT2D eigenvalue weighted by Gasteiger charge is -2.22. The molecule has 112 valence electrons. The molecule has 22 heavy (non-hydrogen) atoms. The highest BCUT2D eigenvalue weighted by Crippen LogP contribution is 2.22. The van der Waals surface area contributed by atoms with Crippen LogP contribution in [0.25, 0.3) is 11.1 Å². The van der Waals surface area contributed by atoms with E-state index in [1.165, 1.54) is 0 Å². The highest BCUT2D eigenvalue weighted by Gasteiger charge is 2.32. The average Bonchev–Trinajstić information content (AvgIpc) is 3.05. The molecule has 2 aromatic rings. The number of carbonyl (C=O) groups is 2. The van der Waals surface area contributed by atoms with Gasteiger partial charge in [0.1, 0.15) is 6.04 Å². The SMILES string of the molecule is NC(=O)C1CCCN1C(=O)c1ccc(-c2cccnc2)cc1. The number of nitrogens with two attached hydrogens (primary N) is 1. The molecule has 1 aliphatic rings. The molecule has 5 nitrogen and oxygen atoms in total. The molecule has 1 aliphatic heterocycles. The van der Waals surface area contributed by atoms with Crippen LogP contribution in [0.3, 0.4) is 0 Å². The molecule has 0 saturated carbocycles. The first kappa shape index (κ1) is 14.3. The molecule has 1 atom stereocenters. The second-order valence-electron chi connectivity index (χ2n) is 5.38. The van der Waals surface area contributed by atoms with Gasteiger partial charge in [0, 0.05) is 24.5 Å². The van der Waals surface area contributed by atoms with E-state index in [-0.39, 0.29) is 5.91 Å². The lowest BCUT2D eigenvalue weighted by molar-refractivity contribution is -0.121. The van der Waals surface area contributed by atoms with E-state index in [0.717, 1.165) is 17.5 Å². The Labute approximate surface area is 128 Å². The maximum atomic E-state index is 12.5. The number of nitrogens with zero attached hydrogens (tertiary/aromatic N) is 2. The molecular weight excluding hydrogens is 278 g/mol. The molecule has 0 spiro atoms. The molecule has 1 unspecified atom stereocenters. The molecule has 2 heterocycles. The molecule has 0 radical (unpaired) electrons. The van der Waals surface area contributed by atoms with Crippen LogP contribution in [0.2, 0.25) is 0 Å². The van der Waals surface area contributed by atoms with E-state index in [4.69, 9.17) is 5.73 Å². The lowest BCUT2D eigenvalue weighted by Crippen LogP contribution is -2.43. The number of rotatable bonds is 3. The Morgan fingerprint density at radius 3 is 2.55 bits per heavy atom. The summed E-state index contributed by atoms with van der Waals surface area (Å²) in [6, 6.07) is 10.7. The first-order chi connectivity index (χ1) is 10.7. The van der Waals surface area contributed by atoms with Gasteiger partial charge in [0.15, 0.2) is 0 Å². The Morgan fingerprint density at radius 2 is 1.91 bits per heavy atom. The summed E-state index contributed by atoms with van der Waals surface area (Å²) in [4.78, 5) is 29.6. The molecule has 3 rings (SSSR count). The number of primary amides is 1. The van der Waals surface area contributed by atoms with Crippen LogP contribution in [-0.2, 0) is 4.79 Å². The highest BCUT2D eigenvalue weighted by atomic mass is 16.2. The zero-order valence-electron chi connectivity index (χ0n) is 12.1. The monoisotopic (exact) mass is 295 g/mol. The van der Waals surface area contributed by atoms with Crippen molar-refractivity contribution in [3.05, 3.63) is 54.4 Å². The van der Waals surface area contributed by atoms with E-state index in [9.17, 15) is 9.59 Å². The van der Waals surface area contributed by atoms with Gasteiger partial charge in [-0.25, -0.2) is 0 Å². The highest BCUT2D eigenvalue weighted by molar-refractivity contribution is 5.98. The Bertz CT molecular complexity index is 683. The molecule has 1 aromatic heterocycles. The summed E-state index contributed by atoms with van der Waals surface area (Å²) in [5, 5.41) is 0. The Balaban J connectivity index is 1.81. The molecule has 0 aliphatic carbocycles. The number of carbonyl (C=O) groups excluding carboxylic acids is 2. The van der Waals surface area contributed by atoms with Gasteiger partial charge in [0.2, 0.25) is 5.91 Å². The third-order valence-corrected chi connectivity index (χ3v) is 3.97. The third-order valence-electron chi connectivity index (χ3n) is 3.97. The van der Waals surface area contributed by atoms with Crippen LogP contribution in [0.5, 0.6) is 0 Å². The molecule has 1 aromatic carbocycles. The van der Waals surface area contributed by atoms with Crippen molar-refractivity contribution in [2.75, 3.05) is 6.54 Å². The van der Waals surface area contributed by atoms with Crippen molar-refractivity contribution in [3.63, 3.8) is 0 Å². The van der Waals surface area contributed by atoms with Crippen LogP contribution in [0, 0.1) is 0 Å². The third kappa shape index (κ3) is 2.70. The Morgan fingerprint density at radius 1 is 1.14 bits per heavy atom. The number of hydrogen-bond acceptors (Lipinski definition) is 3. The van der Waals surface area contributed by atoms with E-state index in [2.05, 4.69) is 4.98 Å². The molecule has 1 saturated heterocycles. The number of pyridine rings is 1. The summed E-state index contributed by atoms with van der Waals surface area (Å²) in [7, 11) is 0. The van der Waals surface area contributed by atoms with E-state index in [1.54, 1.807) is 29.4 Å². The maximum Gasteiger partial charge on any atom is 0.254 e. The summed E-state index contributed by atoms with van der Waals surface area (Å²) in [5.74, 6) is -0.572. The minimum Gasteiger partial charge on any atom is -0.368 e. The van der Waals surface area contributed by atoms with Crippen molar-refractivity contribution in [1.82, 2.24) is 9.88 Å². The zero-order valence-corrected chi connectivity index (χ0v) is 12.1.